The van der Waals surface area contributed by atoms with Crippen molar-refractivity contribution >= 4 is 11.1 Å². The molecule has 0 saturated heterocycles. The summed E-state index contributed by atoms with van der Waals surface area (Å²) in [4.78, 5) is 11.6. The number of nitrogens with two attached hydrogens (primary N) is 1. The first-order chi connectivity index (χ1) is 9.97. The minimum absolute atomic E-state index is 0.236. The number of hydrogen-bond acceptors (Lipinski definition) is 3. The van der Waals surface area contributed by atoms with Gasteiger partial charge in [0.25, 0.3) is 0 Å². The van der Waals surface area contributed by atoms with Crippen LogP contribution in [0.5, 0.6) is 0 Å². The average molecular weight is 282 g/mol. The van der Waals surface area contributed by atoms with E-state index in [1.165, 1.54) is 10.1 Å². The molecule has 1 unspecified atom stereocenters. The van der Waals surface area contributed by atoms with E-state index in [2.05, 4.69) is 32.0 Å². The van der Waals surface area contributed by atoms with Crippen LogP contribution in [0, 0.1) is 13.8 Å². The Hall–Kier alpha value is -2.33. The molecule has 1 aromatic heterocycles. The third kappa shape index (κ3) is 2.28. The summed E-state index contributed by atoms with van der Waals surface area (Å²) in [5.41, 5.74) is 12.1. The molecule has 0 saturated carbocycles. The molecule has 4 heteroatoms. The molecule has 0 aliphatic heterocycles. The van der Waals surface area contributed by atoms with Crippen LogP contribution in [0.25, 0.3) is 11.1 Å². The second kappa shape index (κ2) is 4.90. The van der Waals surface area contributed by atoms with Crippen molar-refractivity contribution in [3.63, 3.8) is 0 Å². The van der Waals surface area contributed by atoms with Crippen LogP contribution in [-0.2, 0) is 7.05 Å². The van der Waals surface area contributed by atoms with E-state index in [1.807, 2.05) is 18.2 Å². The molecule has 0 amide bonds. The number of aromatic nitrogens is 1. The standard InChI is InChI=1S/C17H18N2O2/c1-10-4-5-11(2)13(8-10)16(18)12-6-7-14-15(9-12)21-17(20)19(14)3/h4-9,16H,18H2,1-3H3. The van der Waals surface area contributed by atoms with Gasteiger partial charge in [-0.1, -0.05) is 29.8 Å². The number of benzene rings is 2. The molecule has 0 aliphatic rings. The van der Waals surface area contributed by atoms with Crippen molar-refractivity contribution in [2.75, 3.05) is 0 Å². The molecular weight excluding hydrogens is 264 g/mol. The maximum absolute atomic E-state index is 11.6. The Kier molecular flexibility index (Phi) is 3.18. The summed E-state index contributed by atoms with van der Waals surface area (Å²) in [6.45, 7) is 4.10. The van der Waals surface area contributed by atoms with Crippen LogP contribution in [0.15, 0.2) is 45.6 Å². The Morgan fingerprint density at radius 3 is 2.67 bits per heavy atom. The molecule has 4 nitrogen and oxygen atoms in total. The van der Waals surface area contributed by atoms with Crippen LogP contribution in [0.4, 0.5) is 0 Å². The number of fused-ring (bicyclic) bond motifs is 1. The monoisotopic (exact) mass is 282 g/mol. The molecule has 2 aromatic carbocycles. The van der Waals surface area contributed by atoms with E-state index in [9.17, 15) is 4.79 Å². The van der Waals surface area contributed by atoms with Gasteiger partial charge in [-0.2, -0.15) is 0 Å². The molecule has 0 fully saturated rings. The number of rotatable bonds is 2. The summed E-state index contributed by atoms with van der Waals surface area (Å²) in [6.07, 6.45) is 0. The van der Waals surface area contributed by atoms with Crippen LogP contribution in [0.2, 0.25) is 0 Å². The maximum Gasteiger partial charge on any atom is 0.419 e. The van der Waals surface area contributed by atoms with Crippen molar-refractivity contribution in [1.29, 1.82) is 0 Å². The first-order valence-corrected chi connectivity index (χ1v) is 6.89. The number of aryl methyl sites for hydroxylation is 3. The molecule has 21 heavy (non-hydrogen) atoms. The van der Waals surface area contributed by atoms with Gasteiger partial charge >= 0.3 is 5.76 Å². The summed E-state index contributed by atoms with van der Waals surface area (Å²) >= 11 is 0. The van der Waals surface area contributed by atoms with Gasteiger partial charge in [0.05, 0.1) is 11.6 Å². The molecule has 1 heterocycles. The molecule has 0 radical (unpaired) electrons. The number of nitrogens with zero attached hydrogens (tertiary/aromatic N) is 1. The number of hydrogen-bond donors (Lipinski definition) is 1. The summed E-state index contributed by atoms with van der Waals surface area (Å²) in [5, 5.41) is 0. The van der Waals surface area contributed by atoms with Gasteiger partial charge in [-0.15, -0.1) is 0 Å². The summed E-state index contributed by atoms with van der Waals surface area (Å²) < 4.78 is 6.72. The third-order valence-corrected chi connectivity index (χ3v) is 3.95. The summed E-state index contributed by atoms with van der Waals surface area (Å²) in [7, 11) is 1.69. The lowest BCUT2D eigenvalue weighted by Gasteiger charge is -2.16. The minimum Gasteiger partial charge on any atom is -0.408 e. The minimum atomic E-state index is -0.359. The molecule has 108 valence electrons. The Balaban J connectivity index is 2.11. The van der Waals surface area contributed by atoms with E-state index in [0.29, 0.717) is 5.58 Å². The predicted molar refractivity (Wildman–Crippen MR) is 83.4 cm³/mol. The van der Waals surface area contributed by atoms with Crippen LogP contribution in [0.1, 0.15) is 28.3 Å². The fourth-order valence-electron chi connectivity index (χ4n) is 2.62. The largest absolute Gasteiger partial charge is 0.419 e. The predicted octanol–water partition coefficient (Wildman–Crippen LogP) is 2.80. The lowest BCUT2D eigenvalue weighted by molar-refractivity contribution is 0.527. The van der Waals surface area contributed by atoms with Crippen molar-refractivity contribution in [1.82, 2.24) is 4.57 Å². The van der Waals surface area contributed by atoms with Gasteiger partial charge in [-0.25, -0.2) is 4.79 Å². The van der Waals surface area contributed by atoms with E-state index in [1.54, 1.807) is 7.05 Å². The zero-order chi connectivity index (χ0) is 15.1. The lowest BCUT2D eigenvalue weighted by Crippen LogP contribution is -2.13. The van der Waals surface area contributed by atoms with Crippen molar-refractivity contribution < 1.29 is 4.42 Å². The topological polar surface area (TPSA) is 61.2 Å². The molecule has 0 bridgehead atoms. The van der Waals surface area contributed by atoms with Gasteiger partial charge in [0.2, 0.25) is 0 Å². The summed E-state index contributed by atoms with van der Waals surface area (Å²) in [6, 6.07) is 11.7. The van der Waals surface area contributed by atoms with E-state index in [4.69, 9.17) is 10.2 Å². The van der Waals surface area contributed by atoms with Crippen LogP contribution >= 0.6 is 0 Å². The van der Waals surface area contributed by atoms with Gasteiger partial charge in [0.1, 0.15) is 0 Å². The normalized spacial score (nSPS) is 12.8. The fraction of sp³-hybridized carbons (Fsp3) is 0.235. The zero-order valence-corrected chi connectivity index (χ0v) is 12.4. The molecule has 0 aliphatic carbocycles. The van der Waals surface area contributed by atoms with Gasteiger partial charge in [-0.05, 0) is 42.7 Å². The maximum atomic E-state index is 11.6. The van der Waals surface area contributed by atoms with Gasteiger partial charge in [-0.3, -0.25) is 4.57 Å². The molecule has 0 spiro atoms. The van der Waals surface area contributed by atoms with E-state index < -0.39 is 0 Å². The number of oxazole rings is 1. The zero-order valence-electron chi connectivity index (χ0n) is 12.4. The lowest BCUT2D eigenvalue weighted by atomic mass is 9.94. The molecule has 2 N–H and O–H groups in total. The summed E-state index contributed by atoms with van der Waals surface area (Å²) in [5.74, 6) is -0.359. The molecule has 3 rings (SSSR count). The van der Waals surface area contributed by atoms with Crippen molar-refractivity contribution in [2.24, 2.45) is 12.8 Å². The quantitative estimate of drug-likeness (QED) is 0.786. The first kappa shape index (κ1) is 13.6. The molecular formula is C17H18N2O2. The second-order valence-electron chi connectivity index (χ2n) is 5.49. The fourth-order valence-corrected chi connectivity index (χ4v) is 2.62. The molecule has 1 atom stereocenters. The van der Waals surface area contributed by atoms with Crippen LogP contribution < -0.4 is 11.5 Å². The average Bonchev–Trinajstić information content (AvgIpc) is 2.75. The van der Waals surface area contributed by atoms with Crippen molar-refractivity contribution in [2.45, 2.75) is 19.9 Å². The highest BCUT2D eigenvalue weighted by atomic mass is 16.4. The van der Waals surface area contributed by atoms with E-state index in [-0.39, 0.29) is 11.8 Å². The van der Waals surface area contributed by atoms with Crippen molar-refractivity contribution in [3.8, 4) is 0 Å². The van der Waals surface area contributed by atoms with E-state index >= 15 is 0 Å². The van der Waals surface area contributed by atoms with Gasteiger partial charge in [0.15, 0.2) is 5.58 Å². The highest BCUT2D eigenvalue weighted by Crippen LogP contribution is 2.26. The van der Waals surface area contributed by atoms with Gasteiger partial charge < -0.3 is 10.2 Å². The van der Waals surface area contributed by atoms with Crippen LogP contribution in [0.3, 0.4) is 0 Å². The first-order valence-electron chi connectivity index (χ1n) is 6.89. The smallest absolute Gasteiger partial charge is 0.408 e. The Morgan fingerprint density at radius 2 is 1.90 bits per heavy atom. The van der Waals surface area contributed by atoms with E-state index in [0.717, 1.165) is 22.2 Å². The highest BCUT2D eigenvalue weighted by molar-refractivity contribution is 5.74. The Morgan fingerprint density at radius 1 is 1.14 bits per heavy atom. The van der Waals surface area contributed by atoms with Gasteiger partial charge in [0, 0.05) is 7.05 Å². The third-order valence-electron chi connectivity index (χ3n) is 3.95. The van der Waals surface area contributed by atoms with Crippen LogP contribution in [-0.4, -0.2) is 4.57 Å². The SMILES string of the molecule is Cc1ccc(C)c(C(N)c2ccc3c(c2)oc(=O)n3C)c1. The Labute approximate surface area is 122 Å². The molecule has 3 aromatic rings. The van der Waals surface area contributed by atoms with Crippen molar-refractivity contribution in [3.05, 3.63) is 69.2 Å². The second-order valence-corrected chi connectivity index (χ2v) is 5.49. The highest BCUT2D eigenvalue weighted by Gasteiger charge is 2.14. The Bertz CT molecular complexity index is 874.